The molecule has 1 saturated heterocycles. The molecule has 1 aliphatic heterocycles. The molecule has 0 saturated carbocycles. The fraction of sp³-hybridized carbons (Fsp3) is 0.600. The van der Waals surface area contributed by atoms with Crippen LogP contribution in [-0.2, 0) is 0 Å². The van der Waals surface area contributed by atoms with Gasteiger partial charge in [-0.3, -0.25) is 0 Å². The van der Waals surface area contributed by atoms with Gasteiger partial charge < -0.3 is 10.6 Å². The lowest BCUT2D eigenvalue weighted by Crippen LogP contribution is -2.50. The number of aromatic nitrogens is 1. The van der Waals surface area contributed by atoms with E-state index in [0.29, 0.717) is 17.0 Å². The first kappa shape index (κ1) is 13.8. The maximum atomic E-state index is 8.89. The summed E-state index contributed by atoms with van der Waals surface area (Å²) in [5.74, 6) is 0.847. The molecule has 1 unspecified atom stereocenters. The van der Waals surface area contributed by atoms with Crippen LogP contribution in [0.4, 0.5) is 5.82 Å². The molecular formula is C15H22N4. The molecule has 0 aromatic carbocycles. The number of aryl methyl sites for hydroxylation is 1. The molecule has 1 aromatic heterocycles. The average Bonchev–Trinajstić information content (AvgIpc) is 2.37. The first-order chi connectivity index (χ1) is 9.03. The van der Waals surface area contributed by atoms with E-state index in [1.165, 1.54) is 12.8 Å². The van der Waals surface area contributed by atoms with Crippen molar-refractivity contribution in [3.8, 4) is 6.07 Å². The highest BCUT2D eigenvalue weighted by Gasteiger charge is 2.31. The fourth-order valence-corrected chi connectivity index (χ4v) is 2.60. The molecule has 0 aliphatic carbocycles. The zero-order chi connectivity index (χ0) is 13.9. The molecule has 1 atom stereocenters. The number of hydrogen-bond acceptors (Lipinski definition) is 4. The van der Waals surface area contributed by atoms with Crippen molar-refractivity contribution in [2.75, 3.05) is 18.4 Å². The van der Waals surface area contributed by atoms with Crippen LogP contribution in [-0.4, -0.2) is 24.1 Å². The van der Waals surface area contributed by atoms with E-state index in [9.17, 15) is 0 Å². The molecular weight excluding hydrogens is 236 g/mol. The Morgan fingerprint density at radius 2 is 2.32 bits per heavy atom. The molecule has 0 spiro atoms. The normalized spacial score (nSPS) is 21.7. The van der Waals surface area contributed by atoms with E-state index >= 15 is 0 Å². The van der Waals surface area contributed by atoms with E-state index in [4.69, 9.17) is 5.26 Å². The molecule has 0 bridgehead atoms. The van der Waals surface area contributed by atoms with E-state index in [1.807, 2.05) is 19.1 Å². The molecule has 1 aromatic rings. The number of nitrogens with zero attached hydrogens (tertiary/aromatic N) is 2. The largest absolute Gasteiger partial charge is 0.368 e. The van der Waals surface area contributed by atoms with Crippen LogP contribution < -0.4 is 10.6 Å². The Hall–Kier alpha value is -1.60. The minimum absolute atomic E-state index is 0.312. The van der Waals surface area contributed by atoms with Crippen LogP contribution in [0.15, 0.2) is 12.1 Å². The highest BCUT2D eigenvalue weighted by molar-refractivity contribution is 5.43. The van der Waals surface area contributed by atoms with Crippen LogP contribution in [0.25, 0.3) is 0 Å². The van der Waals surface area contributed by atoms with Crippen molar-refractivity contribution < 1.29 is 0 Å². The van der Waals surface area contributed by atoms with Gasteiger partial charge in [0.05, 0.1) is 11.3 Å². The minimum atomic E-state index is 0.312. The number of anilines is 1. The highest BCUT2D eigenvalue weighted by atomic mass is 15.0. The fourth-order valence-electron chi connectivity index (χ4n) is 2.60. The molecule has 1 aliphatic rings. The lowest BCUT2D eigenvalue weighted by molar-refractivity contribution is 0.188. The van der Waals surface area contributed by atoms with Crippen LogP contribution in [0.5, 0.6) is 0 Å². The Morgan fingerprint density at radius 3 is 2.95 bits per heavy atom. The predicted molar refractivity (Wildman–Crippen MR) is 77.0 cm³/mol. The van der Waals surface area contributed by atoms with Gasteiger partial charge in [-0.25, -0.2) is 4.98 Å². The lowest BCUT2D eigenvalue weighted by atomic mass is 9.77. The zero-order valence-electron chi connectivity index (χ0n) is 12.0. The Labute approximate surface area is 115 Å². The molecule has 4 heteroatoms. The van der Waals surface area contributed by atoms with E-state index in [2.05, 4.69) is 35.5 Å². The van der Waals surface area contributed by atoms with Gasteiger partial charge in [-0.15, -0.1) is 0 Å². The summed E-state index contributed by atoms with van der Waals surface area (Å²) in [7, 11) is 0. The van der Waals surface area contributed by atoms with Gasteiger partial charge in [-0.2, -0.15) is 5.26 Å². The summed E-state index contributed by atoms with van der Waals surface area (Å²) in [5, 5.41) is 15.8. The third kappa shape index (κ3) is 3.24. The van der Waals surface area contributed by atoms with Gasteiger partial charge in [0.2, 0.25) is 0 Å². The SMILES string of the molecule is Cc1nc(NCC2NCCCC2(C)C)ccc1C#N. The van der Waals surface area contributed by atoms with Crippen molar-refractivity contribution >= 4 is 5.82 Å². The van der Waals surface area contributed by atoms with Gasteiger partial charge in [0.25, 0.3) is 0 Å². The minimum Gasteiger partial charge on any atom is -0.368 e. The monoisotopic (exact) mass is 258 g/mol. The molecule has 102 valence electrons. The predicted octanol–water partition coefficient (Wildman–Crippen LogP) is 2.45. The van der Waals surface area contributed by atoms with Crippen LogP contribution in [0.3, 0.4) is 0 Å². The maximum Gasteiger partial charge on any atom is 0.126 e. The third-order valence-electron chi connectivity index (χ3n) is 4.03. The van der Waals surface area contributed by atoms with E-state index in [1.54, 1.807) is 0 Å². The first-order valence-electron chi connectivity index (χ1n) is 6.88. The second-order valence-electron chi connectivity index (χ2n) is 5.92. The first-order valence-corrected chi connectivity index (χ1v) is 6.88. The van der Waals surface area contributed by atoms with Crippen LogP contribution in [0.1, 0.15) is 37.9 Å². The molecule has 0 amide bonds. The molecule has 0 radical (unpaired) electrons. The van der Waals surface area contributed by atoms with Crippen molar-refractivity contribution in [3.63, 3.8) is 0 Å². The van der Waals surface area contributed by atoms with Crippen LogP contribution >= 0.6 is 0 Å². The summed E-state index contributed by atoms with van der Waals surface area (Å²) < 4.78 is 0. The molecule has 19 heavy (non-hydrogen) atoms. The number of pyridine rings is 1. The third-order valence-corrected chi connectivity index (χ3v) is 4.03. The summed E-state index contributed by atoms with van der Waals surface area (Å²) in [6.07, 6.45) is 2.50. The van der Waals surface area contributed by atoms with Gasteiger partial charge in [0, 0.05) is 12.6 Å². The standard InChI is InChI=1S/C15H22N4/c1-11-12(9-16)5-6-14(19-11)18-10-13-15(2,3)7-4-8-17-13/h5-6,13,17H,4,7-8,10H2,1-3H3,(H,18,19). The second kappa shape index (κ2) is 5.58. The summed E-state index contributed by atoms with van der Waals surface area (Å²) in [4.78, 5) is 4.41. The number of hydrogen-bond donors (Lipinski definition) is 2. The van der Waals surface area contributed by atoms with E-state index in [-0.39, 0.29) is 0 Å². The Bertz CT molecular complexity index is 487. The molecule has 4 nitrogen and oxygen atoms in total. The van der Waals surface area contributed by atoms with E-state index in [0.717, 1.165) is 24.6 Å². The number of nitrogens with one attached hydrogen (secondary N) is 2. The van der Waals surface area contributed by atoms with Crippen molar-refractivity contribution in [2.45, 2.75) is 39.7 Å². The van der Waals surface area contributed by atoms with Gasteiger partial charge in [-0.05, 0) is 43.9 Å². The summed E-state index contributed by atoms with van der Waals surface area (Å²) in [6, 6.07) is 6.30. The Balaban J connectivity index is 1.99. The highest BCUT2D eigenvalue weighted by Crippen LogP contribution is 2.30. The quantitative estimate of drug-likeness (QED) is 0.874. The summed E-state index contributed by atoms with van der Waals surface area (Å²) in [5.41, 5.74) is 1.73. The smallest absolute Gasteiger partial charge is 0.126 e. The van der Waals surface area contributed by atoms with Gasteiger partial charge in [0.1, 0.15) is 11.9 Å². The van der Waals surface area contributed by atoms with Crippen LogP contribution in [0.2, 0.25) is 0 Å². The lowest BCUT2D eigenvalue weighted by Gasteiger charge is -2.39. The van der Waals surface area contributed by atoms with Gasteiger partial charge >= 0.3 is 0 Å². The Kier molecular flexibility index (Phi) is 4.06. The summed E-state index contributed by atoms with van der Waals surface area (Å²) in [6.45, 7) is 8.44. The molecule has 2 heterocycles. The zero-order valence-corrected chi connectivity index (χ0v) is 12.0. The van der Waals surface area contributed by atoms with Crippen molar-refractivity contribution in [1.29, 1.82) is 5.26 Å². The molecule has 2 rings (SSSR count). The number of piperidine rings is 1. The topological polar surface area (TPSA) is 60.7 Å². The van der Waals surface area contributed by atoms with Crippen molar-refractivity contribution in [3.05, 3.63) is 23.4 Å². The van der Waals surface area contributed by atoms with Gasteiger partial charge in [0.15, 0.2) is 0 Å². The van der Waals surface area contributed by atoms with Gasteiger partial charge in [-0.1, -0.05) is 13.8 Å². The Morgan fingerprint density at radius 1 is 1.53 bits per heavy atom. The number of nitriles is 1. The van der Waals surface area contributed by atoms with E-state index < -0.39 is 0 Å². The van der Waals surface area contributed by atoms with Crippen molar-refractivity contribution in [1.82, 2.24) is 10.3 Å². The average molecular weight is 258 g/mol. The maximum absolute atomic E-state index is 8.89. The van der Waals surface area contributed by atoms with Crippen molar-refractivity contribution in [2.24, 2.45) is 5.41 Å². The van der Waals surface area contributed by atoms with Crippen LogP contribution in [0, 0.1) is 23.7 Å². The molecule has 1 fully saturated rings. The number of rotatable bonds is 3. The molecule has 2 N–H and O–H groups in total. The second-order valence-corrected chi connectivity index (χ2v) is 5.92. The summed E-state index contributed by atoms with van der Waals surface area (Å²) >= 11 is 0.